The fraction of sp³-hybridized carbons (Fsp3) is 1.00. The lowest BCUT2D eigenvalue weighted by Gasteiger charge is -2.40. The van der Waals surface area contributed by atoms with E-state index >= 15 is 0 Å². The van der Waals surface area contributed by atoms with Crippen LogP contribution in [-0.4, -0.2) is 60.8 Å². The molecule has 1 N–H and O–H groups in total. The number of nitrogens with one attached hydrogen (secondary N) is 1. The summed E-state index contributed by atoms with van der Waals surface area (Å²) in [5.41, 5.74) is 0.228. The first kappa shape index (κ1) is 13.2. The Labute approximate surface area is 115 Å². The van der Waals surface area contributed by atoms with Crippen LogP contribution in [0.1, 0.15) is 32.1 Å². The van der Waals surface area contributed by atoms with Gasteiger partial charge in [0, 0.05) is 24.4 Å². The van der Waals surface area contributed by atoms with Crippen molar-refractivity contribution in [1.82, 2.24) is 10.2 Å². The minimum absolute atomic E-state index is 0.228. The first-order chi connectivity index (χ1) is 8.76. The monoisotopic (exact) mass is 270 g/mol. The molecule has 3 saturated heterocycles. The van der Waals surface area contributed by atoms with Crippen LogP contribution in [-0.2, 0) is 4.74 Å². The topological polar surface area (TPSA) is 24.5 Å². The summed E-state index contributed by atoms with van der Waals surface area (Å²) >= 11 is 2.07. The molecule has 0 aromatic carbocycles. The number of hydrogen-bond donors (Lipinski definition) is 1. The summed E-state index contributed by atoms with van der Waals surface area (Å²) < 4.78 is 6.09. The van der Waals surface area contributed by atoms with Crippen LogP contribution in [0.2, 0.25) is 0 Å². The number of nitrogens with zero attached hydrogens (tertiary/aromatic N) is 1. The molecule has 0 aromatic rings. The molecular weight excluding hydrogens is 244 g/mol. The Bertz CT molecular complexity index is 273. The average Bonchev–Trinajstić information content (AvgIpc) is 2.80. The van der Waals surface area contributed by atoms with Gasteiger partial charge in [-0.15, -0.1) is 0 Å². The summed E-state index contributed by atoms with van der Waals surface area (Å²) in [6, 6.07) is 1.45. The summed E-state index contributed by atoms with van der Waals surface area (Å²) in [4.78, 5) is 2.44. The normalized spacial score (nSPS) is 39.5. The molecule has 3 rings (SSSR count). The number of likely N-dealkylation sites (tertiary alicyclic amines) is 1. The second kappa shape index (κ2) is 5.70. The standard InChI is InChI=1S/C14H26N2OS/c1-16-6-2-12(3-7-16)15-13-4-8-17-14(10-13)5-9-18-11-14/h12-13,15H,2-11H2,1H3. The highest BCUT2D eigenvalue weighted by Crippen LogP contribution is 2.38. The third kappa shape index (κ3) is 3.03. The highest BCUT2D eigenvalue weighted by Gasteiger charge is 2.40. The molecule has 3 fully saturated rings. The highest BCUT2D eigenvalue weighted by atomic mass is 32.2. The van der Waals surface area contributed by atoms with Crippen molar-refractivity contribution in [3.05, 3.63) is 0 Å². The number of piperidine rings is 1. The zero-order valence-electron chi connectivity index (χ0n) is 11.5. The predicted molar refractivity (Wildman–Crippen MR) is 77.3 cm³/mol. The van der Waals surface area contributed by atoms with Crippen LogP contribution in [0.25, 0.3) is 0 Å². The van der Waals surface area contributed by atoms with Gasteiger partial charge in [0.2, 0.25) is 0 Å². The number of rotatable bonds is 2. The van der Waals surface area contributed by atoms with Gasteiger partial charge in [0.05, 0.1) is 5.60 Å². The molecule has 2 atom stereocenters. The molecule has 3 nitrogen and oxygen atoms in total. The molecule has 4 heteroatoms. The highest BCUT2D eigenvalue weighted by molar-refractivity contribution is 7.99. The fourth-order valence-electron chi connectivity index (χ4n) is 3.54. The zero-order chi connectivity index (χ0) is 12.4. The molecule has 3 heterocycles. The molecule has 0 radical (unpaired) electrons. The number of ether oxygens (including phenoxy) is 1. The quantitative estimate of drug-likeness (QED) is 0.826. The predicted octanol–water partition coefficient (Wildman–Crippen LogP) is 1.72. The Kier molecular flexibility index (Phi) is 4.18. The van der Waals surface area contributed by atoms with Gasteiger partial charge >= 0.3 is 0 Å². The van der Waals surface area contributed by atoms with Crippen LogP contribution in [0.5, 0.6) is 0 Å². The molecule has 104 valence electrons. The SMILES string of the molecule is CN1CCC(NC2CCOC3(CCSC3)C2)CC1. The summed E-state index contributed by atoms with van der Waals surface area (Å²) in [5, 5.41) is 3.91. The van der Waals surface area contributed by atoms with Crippen LogP contribution >= 0.6 is 11.8 Å². The Morgan fingerprint density at radius 2 is 2.06 bits per heavy atom. The first-order valence-electron chi connectivity index (χ1n) is 7.42. The molecule has 18 heavy (non-hydrogen) atoms. The van der Waals surface area contributed by atoms with Crippen molar-refractivity contribution >= 4 is 11.8 Å². The molecule has 0 aromatic heterocycles. The van der Waals surface area contributed by atoms with Crippen molar-refractivity contribution < 1.29 is 4.74 Å². The molecule has 0 amide bonds. The van der Waals surface area contributed by atoms with Crippen molar-refractivity contribution in [2.75, 3.05) is 38.2 Å². The van der Waals surface area contributed by atoms with Gasteiger partial charge in [0.1, 0.15) is 0 Å². The Morgan fingerprint density at radius 3 is 2.78 bits per heavy atom. The van der Waals surface area contributed by atoms with E-state index in [2.05, 4.69) is 29.0 Å². The minimum atomic E-state index is 0.228. The van der Waals surface area contributed by atoms with Crippen LogP contribution in [0.15, 0.2) is 0 Å². The van der Waals surface area contributed by atoms with E-state index in [0.29, 0.717) is 6.04 Å². The van der Waals surface area contributed by atoms with Crippen molar-refractivity contribution in [1.29, 1.82) is 0 Å². The molecule has 2 unspecified atom stereocenters. The van der Waals surface area contributed by atoms with Gasteiger partial charge in [-0.2, -0.15) is 11.8 Å². The summed E-state index contributed by atoms with van der Waals surface area (Å²) in [5.74, 6) is 2.51. The van der Waals surface area contributed by atoms with E-state index in [9.17, 15) is 0 Å². The van der Waals surface area contributed by atoms with Crippen molar-refractivity contribution in [2.24, 2.45) is 0 Å². The van der Waals surface area contributed by atoms with Crippen molar-refractivity contribution in [3.8, 4) is 0 Å². The van der Waals surface area contributed by atoms with E-state index in [1.165, 1.54) is 56.7 Å². The summed E-state index contributed by atoms with van der Waals surface area (Å²) in [6.45, 7) is 3.47. The lowest BCUT2D eigenvalue weighted by molar-refractivity contribution is -0.0719. The molecule has 3 aliphatic rings. The molecule has 0 aliphatic carbocycles. The minimum Gasteiger partial charge on any atom is -0.374 e. The molecule has 0 bridgehead atoms. The number of thioether (sulfide) groups is 1. The maximum Gasteiger partial charge on any atom is 0.0795 e. The van der Waals surface area contributed by atoms with E-state index in [-0.39, 0.29) is 5.60 Å². The molecule has 3 aliphatic heterocycles. The second-order valence-corrected chi connectivity index (χ2v) is 7.37. The Morgan fingerprint density at radius 1 is 1.22 bits per heavy atom. The fourth-order valence-corrected chi connectivity index (χ4v) is 4.92. The van der Waals surface area contributed by atoms with Gasteiger partial charge in [-0.1, -0.05) is 0 Å². The van der Waals surface area contributed by atoms with Gasteiger partial charge < -0.3 is 15.0 Å². The lowest BCUT2D eigenvalue weighted by atomic mass is 9.89. The third-order valence-electron chi connectivity index (χ3n) is 4.75. The van der Waals surface area contributed by atoms with E-state index in [1.807, 2.05) is 0 Å². The van der Waals surface area contributed by atoms with E-state index in [0.717, 1.165) is 12.6 Å². The Hall–Kier alpha value is 0.230. The van der Waals surface area contributed by atoms with E-state index in [1.54, 1.807) is 0 Å². The third-order valence-corrected chi connectivity index (χ3v) is 5.97. The maximum absolute atomic E-state index is 6.09. The van der Waals surface area contributed by atoms with Gasteiger partial charge in [-0.3, -0.25) is 0 Å². The van der Waals surface area contributed by atoms with Crippen LogP contribution < -0.4 is 5.32 Å². The lowest BCUT2D eigenvalue weighted by Crippen LogP contribution is -2.51. The summed E-state index contributed by atoms with van der Waals surface area (Å²) in [6.07, 6.45) is 6.35. The summed E-state index contributed by atoms with van der Waals surface area (Å²) in [7, 11) is 2.23. The van der Waals surface area contributed by atoms with E-state index < -0.39 is 0 Å². The van der Waals surface area contributed by atoms with Gasteiger partial charge in [0.15, 0.2) is 0 Å². The molecule has 0 saturated carbocycles. The average molecular weight is 270 g/mol. The maximum atomic E-state index is 6.09. The van der Waals surface area contributed by atoms with Gasteiger partial charge in [-0.25, -0.2) is 0 Å². The van der Waals surface area contributed by atoms with Crippen LogP contribution in [0.3, 0.4) is 0 Å². The van der Waals surface area contributed by atoms with Gasteiger partial charge in [-0.05, 0) is 58.0 Å². The molecule has 1 spiro atoms. The second-order valence-electron chi connectivity index (χ2n) is 6.27. The van der Waals surface area contributed by atoms with Crippen LogP contribution in [0.4, 0.5) is 0 Å². The Balaban J connectivity index is 1.50. The van der Waals surface area contributed by atoms with E-state index in [4.69, 9.17) is 4.74 Å². The van der Waals surface area contributed by atoms with Crippen molar-refractivity contribution in [3.63, 3.8) is 0 Å². The zero-order valence-corrected chi connectivity index (χ0v) is 12.3. The van der Waals surface area contributed by atoms with Crippen LogP contribution in [0, 0.1) is 0 Å². The molecular formula is C14H26N2OS. The van der Waals surface area contributed by atoms with Gasteiger partial charge in [0.25, 0.3) is 0 Å². The largest absolute Gasteiger partial charge is 0.374 e. The van der Waals surface area contributed by atoms with Crippen molar-refractivity contribution in [2.45, 2.75) is 49.8 Å². The number of hydrogen-bond acceptors (Lipinski definition) is 4. The smallest absolute Gasteiger partial charge is 0.0795 e. The first-order valence-corrected chi connectivity index (χ1v) is 8.58.